The van der Waals surface area contributed by atoms with Crippen LogP contribution in [0.1, 0.15) is 54.9 Å². The highest BCUT2D eigenvalue weighted by Crippen LogP contribution is 2.36. The Morgan fingerprint density at radius 2 is 1.55 bits per heavy atom. The van der Waals surface area contributed by atoms with Gasteiger partial charge in [-0.15, -0.1) is 0 Å². The lowest BCUT2D eigenvalue weighted by Crippen LogP contribution is -2.49. The molecule has 1 aliphatic rings. The summed E-state index contributed by atoms with van der Waals surface area (Å²) in [5.41, 5.74) is 0.443. The molecule has 1 amide bonds. The number of rotatable bonds is 6. The molecule has 0 bridgehead atoms. The molecule has 0 saturated heterocycles. The van der Waals surface area contributed by atoms with Crippen LogP contribution < -0.4 is 5.32 Å². The first kappa shape index (κ1) is 20.8. The van der Waals surface area contributed by atoms with Gasteiger partial charge in [-0.2, -0.15) is 0 Å². The van der Waals surface area contributed by atoms with Crippen LogP contribution in [0.25, 0.3) is 0 Å². The zero-order valence-corrected chi connectivity index (χ0v) is 17.5. The molecule has 6 heteroatoms. The Hall–Kier alpha value is -3.41. The summed E-state index contributed by atoms with van der Waals surface area (Å²) in [6, 6.07) is 20.7. The van der Waals surface area contributed by atoms with Crippen molar-refractivity contribution in [3.63, 3.8) is 0 Å². The first-order chi connectivity index (χ1) is 15.1. The molecule has 6 nitrogen and oxygen atoms in total. The molecule has 1 aliphatic carbocycles. The van der Waals surface area contributed by atoms with Crippen LogP contribution in [-0.4, -0.2) is 22.6 Å². The number of nitrogens with zero attached hydrogens (tertiary/aromatic N) is 1. The van der Waals surface area contributed by atoms with Crippen LogP contribution in [-0.2, 0) is 14.3 Å². The minimum atomic E-state index is -1.22. The lowest BCUT2D eigenvalue weighted by Gasteiger charge is -2.36. The highest BCUT2D eigenvalue weighted by atomic mass is 16.6. The molecular weight excluding hydrogens is 392 g/mol. The monoisotopic (exact) mass is 418 g/mol. The van der Waals surface area contributed by atoms with Crippen LogP contribution in [0, 0.1) is 6.92 Å². The number of hydrogen-bond donors (Lipinski definition) is 1. The van der Waals surface area contributed by atoms with Gasteiger partial charge in [-0.05, 0) is 43.7 Å². The Kier molecular flexibility index (Phi) is 6.16. The fraction of sp³-hybridized carbons (Fsp3) is 0.320. The predicted molar refractivity (Wildman–Crippen MR) is 117 cm³/mol. The van der Waals surface area contributed by atoms with Crippen LogP contribution in [0.4, 0.5) is 5.82 Å². The van der Waals surface area contributed by atoms with Gasteiger partial charge >= 0.3 is 5.97 Å². The summed E-state index contributed by atoms with van der Waals surface area (Å²) in [5.74, 6) is -0.466. The minimum Gasteiger partial charge on any atom is -0.448 e. The van der Waals surface area contributed by atoms with Gasteiger partial charge in [-0.1, -0.05) is 72.2 Å². The number of hydrogen-bond acceptors (Lipinski definition) is 5. The summed E-state index contributed by atoms with van der Waals surface area (Å²) in [5, 5.41) is 6.62. The van der Waals surface area contributed by atoms with Gasteiger partial charge in [0.1, 0.15) is 11.7 Å². The van der Waals surface area contributed by atoms with E-state index in [1.165, 1.54) is 0 Å². The first-order valence-electron chi connectivity index (χ1n) is 10.6. The number of carbonyl (C=O) groups excluding carboxylic acids is 2. The lowest BCUT2D eigenvalue weighted by atomic mass is 9.83. The van der Waals surface area contributed by atoms with Gasteiger partial charge in [-0.3, -0.25) is 9.59 Å². The van der Waals surface area contributed by atoms with Gasteiger partial charge < -0.3 is 14.6 Å². The summed E-state index contributed by atoms with van der Waals surface area (Å²) in [4.78, 5) is 26.8. The van der Waals surface area contributed by atoms with Crippen molar-refractivity contribution in [2.75, 3.05) is 5.32 Å². The number of benzene rings is 2. The van der Waals surface area contributed by atoms with Crippen LogP contribution in [0.2, 0.25) is 0 Å². The molecule has 31 heavy (non-hydrogen) atoms. The summed E-state index contributed by atoms with van der Waals surface area (Å²) < 4.78 is 11.1. The number of aromatic nitrogens is 1. The zero-order valence-electron chi connectivity index (χ0n) is 17.5. The molecule has 1 N–H and O–H groups in total. The van der Waals surface area contributed by atoms with E-state index in [4.69, 9.17) is 9.26 Å². The van der Waals surface area contributed by atoms with Gasteiger partial charge in [0.05, 0.1) is 0 Å². The van der Waals surface area contributed by atoms with E-state index in [0.717, 1.165) is 30.4 Å². The van der Waals surface area contributed by atoms with Gasteiger partial charge in [0.25, 0.3) is 5.91 Å². The van der Waals surface area contributed by atoms with E-state index in [1.807, 2.05) is 60.7 Å². The molecule has 1 heterocycles. The molecule has 1 saturated carbocycles. The number of nitrogens with one attached hydrogen (secondary N) is 1. The van der Waals surface area contributed by atoms with E-state index in [0.29, 0.717) is 24.4 Å². The fourth-order valence-corrected chi connectivity index (χ4v) is 4.16. The number of amides is 1. The van der Waals surface area contributed by atoms with E-state index < -0.39 is 17.5 Å². The van der Waals surface area contributed by atoms with Gasteiger partial charge in [-0.25, -0.2) is 0 Å². The molecule has 3 aromatic rings. The Morgan fingerprint density at radius 1 is 0.968 bits per heavy atom. The van der Waals surface area contributed by atoms with Crippen molar-refractivity contribution in [3.8, 4) is 0 Å². The fourth-order valence-electron chi connectivity index (χ4n) is 4.16. The number of anilines is 1. The molecule has 0 spiro atoms. The standard InChI is InChI=1S/C25H26N2O4/c1-18-17-21(27-31-18)26-24(29)25(15-9-4-10-16-25)30-23(28)22(19-11-5-2-6-12-19)20-13-7-3-8-14-20/h2-3,5-8,11-14,17,22H,4,9-10,15-16H2,1H3,(H,26,27,29). The Bertz CT molecular complexity index is 984. The Balaban J connectivity index is 1.63. The van der Waals surface area contributed by atoms with Crippen LogP contribution >= 0.6 is 0 Å². The quantitative estimate of drug-likeness (QED) is 0.570. The molecule has 1 aromatic heterocycles. The van der Waals surface area contributed by atoms with Crippen molar-refractivity contribution in [3.05, 3.63) is 83.6 Å². The van der Waals surface area contributed by atoms with Crippen molar-refractivity contribution in [2.24, 2.45) is 0 Å². The maximum Gasteiger partial charge on any atom is 0.318 e. The smallest absolute Gasteiger partial charge is 0.318 e. The second-order valence-corrected chi connectivity index (χ2v) is 8.01. The first-order valence-corrected chi connectivity index (χ1v) is 10.6. The average molecular weight is 418 g/mol. The SMILES string of the molecule is Cc1cc(NC(=O)C2(OC(=O)C(c3ccccc3)c3ccccc3)CCCCC2)no1. The van der Waals surface area contributed by atoms with Crippen molar-refractivity contribution in [1.29, 1.82) is 0 Å². The summed E-state index contributed by atoms with van der Waals surface area (Å²) in [6.07, 6.45) is 3.62. The van der Waals surface area contributed by atoms with E-state index >= 15 is 0 Å². The van der Waals surface area contributed by atoms with Crippen molar-refractivity contribution >= 4 is 17.7 Å². The number of aryl methyl sites for hydroxylation is 1. The summed E-state index contributed by atoms with van der Waals surface area (Å²) >= 11 is 0. The third-order valence-electron chi connectivity index (χ3n) is 5.74. The number of carbonyl (C=O) groups is 2. The minimum absolute atomic E-state index is 0.325. The largest absolute Gasteiger partial charge is 0.448 e. The zero-order chi connectivity index (χ0) is 21.7. The van der Waals surface area contributed by atoms with Crippen molar-refractivity contribution < 1.29 is 18.8 Å². The topological polar surface area (TPSA) is 81.4 Å². The Labute approximate surface area is 181 Å². The highest BCUT2D eigenvalue weighted by Gasteiger charge is 2.45. The van der Waals surface area contributed by atoms with Crippen molar-refractivity contribution in [1.82, 2.24) is 5.16 Å². The van der Waals surface area contributed by atoms with E-state index in [2.05, 4.69) is 10.5 Å². The van der Waals surface area contributed by atoms with Crippen LogP contribution in [0.3, 0.4) is 0 Å². The van der Waals surface area contributed by atoms with Crippen molar-refractivity contribution in [2.45, 2.75) is 50.5 Å². The molecule has 1 fully saturated rings. The second-order valence-electron chi connectivity index (χ2n) is 8.01. The predicted octanol–water partition coefficient (Wildman–Crippen LogP) is 5.00. The molecule has 4 rings (SSSR count). The molecule has 160 valence electrons. The highest BCUT2D eigenvalue weighted by molar-refractivity contribution is 5.98. The van der Waals surface area contributed by atoms with Crippen LogP contribution in [0.5, 0.6) is 0 Å². The molecule has 2 aromatic carbocycles. The molecule has 0 radical (unpaired) electrons. The molecule has 0 unspecified atom stereocenters. The normalized spacial score (nSPS) is 15.4. The van der Waals surface area contributed by atoms with E-state index in [-0.39, 0.29) is 5.91 Å². The summed E-state index contributed by atoms with van der Waals surface area (Å²) in [7, 11) is 0. The lowest BCUT2D eigenvalue weighted by molar-refractivity contribution is -0.170. The van der Waals surface area contributed by atoms with Gasteiger partial charge in [0.15, 0.2) is 11.4 Å². The maximum absolute atomic E-state index is 13.5. The number of esters is 1. The molecule has 0 aliphatic heterocycles. The molecule has 0 atom stereocenters. The third kappa shape index (κ3) is 4.68. The van der Waals surface area contributed by atoms with Crippen LogP contribution in [0.15, 0.2) is 71.3 Å². The van der Waals surface area contributed by atoms with E-state index in [1.54, 1.807) is 13.0 Å². The van der Waals surface area contributed by atoms with Gasteiger partial charge in [0, 0.05) is 6.07 Å². The van der Waals surface area contributed by atoms with E-state index in [9.17, 15) is 9.59 Å². The average Bonchev–Trinajstić information content (AvgIpc) is 3.20. The summed E-state index contributed by atoms with van der Waals surface area (Å²) in [6.45, 7) is 1.75. The number of ether oxygens (including phenoxy) is 1. The Morgan fingerprint density at radius 3 is 2.06 bits per heavy atom. The second kappa shape index (κ2) is 9.16. The third-order valence-corrected chi connectivity index (χ3v) is 5.74. The molecular formula is C25H26N2O4. The van der Waals surface area contributed by atoms with Gasteiger partial charge in [0.2, 0.25) is 0 Å². The maximum atomic E-state index is 13.5.